The lowest BCUT2D eigenvalue weighted by Gasteiger charge is -2.03. The molecule has 2 heterocycles. The zero-order chi connectivity index (χ0) is 17.2. The van der Waals surface area contributed by atoms with Gasteiger partial charge in [-0.05, 0) is 30.3 Å². The first-order valence-corrected chi connectivity index (χ1v) is 8.51. The van der Waals surface area contributed by atoms with Crippen LogP contribution in [0.1, 0.15) is 5.56 Å². The molecule has 0 unspecified atom stereocenters. The van der Waals surface area contributed by atoms with E-state index in [0.29, 0.717) is 11.6 Å². The first-order chi connectivity index (χ1) is 12.2. The molecule has 0 saturated carbocycles. The standard InChI is InChI=1S/C20H14N4S/c1-2-13-7-6-8-14(11-13)19-23-18(21)16-12-17(25-20(16)24-19)22-15-9-4-3-5-10-15/h1,3-12,22H,(H2,21,23,24). The topological polar surface area (TPSA) is 63.8 Å². The molecule has 0 bridgehead atoms. The summed E-state index contributed by atoms with van der Waals surface area (Å²) in [7, 11) is 0. The molecule has 0 radical (unpaired) electrons. The molecule has 2 aromatic heterocycles. The van der Waals surface area contributed by atoms with Gasteiger partial charge in [0.25, 0.3) is 0 Å². The van der Waals surface area contributed by atoms with E-state index in [-0.39, 0.29) is 0 Å². The normalized spacial score (nSPS) is 10.5. The van der Waals surface area contributed by atoms with Gasteiger partial charge in [-0.15, -0.1) is 6.42 Å². The summed E-state index contributed by atoms with van der Waals surface area (Å²) in [6.45, 7) is 0. The van der Waals surface area contributed by atoms with Crippen molar-refractivity contribution in [3.8, 4) is 23.7 Å². The summed E-state index contributed by atoms with van der Waals surface area (Å²) in [6, 6.07) is 19.5. The number of benzene rings is 2. The maximum absolute atomic E-state index is 6.16. The van der Waals surface area contributed by atoms with Gasteiger partial charge in [-0.3, -0.25) is 0 Å². The van der Waals surface area contributed by atoms with Crippen LogP contribution in [0.15, 0.2) is 60.7 Å². The molecule has 4 nitrogen and oxygen atoms in total. The van der Waals surface area contributed by atoms with Gasteiger partial charge in [0.15, 0.2) is 5.82 Å². The van der Waals surface area contributed by atoms with Gasteiger partial charge in [0.05, 0.1) is 10.4 Å². The Morgan fingerprint density at radius 2 is 1.84 bits per heavy atom. The van der Waals surface area contributed by atoms with E-state index < -0.39 is 0 Å². The van der Waals surface area contributed by atoms with Crippen molar-refractivity contribution in [2.45, 2.75) is 0 Å². The molecular formula is C20H14N4S. The minimum Gasteiger partial charge on any atom is -0.383 e. The summed E-state index contributed by atoms with van der Waals surface area (Å²) >= 11 is 1.54. The van der Waals surface area contributed by atoms with E-state index in [1.165, 1.54) is 0 Å². The van der Waals surface area contributed by atoms with E-state index in [4.69, 9.17) is 12.2 Å². The Balaban J connectivity index is 1.75. The van der Waals surface area contributed by atoms with Gasteiger partial charge in [-0.2, -0.15) is 0 Å². The molecule has 0 fully saturated rings. The highest BCUT2D eigenvalue weighted by Crippen LogP contribution is 2.34. The number of fused-ring (bicyclic) bond motifs is 1. The van der Waals surface area contributed by atoms with Crippen LogP contribution in [0.2, 0.25) is 0 Å². The molecule has 0 aliphatic carbocycles. The Hall–Kier alpha value is -3.36. The Labute approximate surface area is 149 Å². The highest BCUT2D eigenvalue weighted by Gasteiger charge is 2.11. The van der Waals surface area contributed by atoms with E-state index in [1.54, 1.807) is 11.3 Å². The molecule has 0 amide bonds. The Bertz CT molecular complexity index is 1090. The summed E-state index contributed by atoms with van der Waals surface area (Å²) in [5, 5.41) is 5.18. The van der Waals surface area contributed by atoms with Crippen LogP contribution >= 0.6 is 11.3 Å². The molecule has 4 rings (SSSR count). The molecule has 0 spiro atoms. The molecule has 0 aliphatic rings. The van der Waals surface area contributed by atoms with Crippen molar-refractivity contribution >= 4 is 38.1 Å². The monoisotopic (exact) mass is 342 g/mol. The lowest BCUT2D eigenvalue weighted by atomic mass is 10.1. The SMILES string of the molecule is C#Cc1cccc(-c2nc(N)c3cc(Nc4ccccc4)sc3n2)c1. The smallest absolute Gasteiger partial charge is 0.163 e. The zero-order valence-corrected chi connectivity index (χ0v) is 14.0. The van der Waals surface area contributed by atoms with Crippen molar-refractivity contribution < 1.29 is 0 Å². The summed E-state index contributed by atoms with van der Waals surface area (Å²) in [5.74, 6) is 3.67. The number of terminal acetylenes is 1. The fraction of sp³-hybridized carbons (Fsp3) is 0. The lowest BCUT2D eigenvalue weighted by molar-refractivity contribution is 1.24. The second-order valence-corrected chi connectivity index (χ2v) is 6.51. The molecular weight excluding hydrogens is 328 g/mol. The van der Waals surface area contributed by atoms with Crippen LogP contribution in [0.5, 0.6) is 0 Å². The second-order valence-electron chi connectivity index (χ2n) is 5.48. The fourth-order valence-electron chi connectivity index (χ4n) is 2.55. The minimum absolute atomic E-state index is 0.462. The van der Waals surface area contributed by atoms with Gasteiger partial charge in [0.2, 0.25) is 0 Å². The Morgan fingerprint density at radius 3 is 2.64 bits per heavy atom. The van der Waals surface area contributed by atoms with Crippen molar-refractivity contribution in [1.29, 1.82) is 0 Å². The van der Waals surface area contributed by atoms with Crippen molar-refractivity contribution in [2.75, 3.05) is 11.1 Å². The lowest BCUT2D eigenvalue weighted by Crippen LogP contribution is -1.96. The third-order valence-electron chi connectivity index (χ3n) is 3.75. The minimum atomic E-state index is 0.462. The third-order valence-corrected chi connectivity index (χ3v) is 4.70. The Kier molecular flexibility index (Phi) is 3.81. The van der Waals surface area contributed by atoms with Gasteiger partial charge in [0.1, 0.15) is 10.6 Å². The number of nitrogen functional groups attached to an aromatic ring is 1. The predicted molar refractivity (Wildman–Crippen MR) is 105 cm³/mol. The van der Waals surface area contributed by atoms with Gasteiger partial charge in [0, 0.05) is 16.8 Å². The number of nitrogens with one attached hydrogen (secondary N) is 1. The van der Waals surface area contributed by atoms with Crippen LogP contribution in [0.4, 0.5) is 16.5 Å². The predicted octanol–water partition coefficient (Wildman–Crippen LogP) is 4.67. The summed E-state index contributed by atoms with van der Waals surface area (Å²) in [6.07, 6.45) is 5.47. The molecule has 5 heteroatoms. The summed E-state index contributed by atoms with van der Waals surface area (Å²) in [4.78, 5) is 9.95. The largest absolute Gasteiger partial charge is 0.383 e. The summed E-state index contributed by atoms with van der Waals surface area (Å²) in [5.41, 5.74) is 8.82. The number of thiophene rings is 1. The third kappa shape index (κ3) is 3.03. The molecule has 0 atom stereocenters. The van der Waals surface area contributed by atoms with Crippen LogP contribution in [-0.4, -0.2) is 9.97 Å². The van der Waals surface area contributed by atoms with Gasteiger partial charge >= 0.3 is 0 Å². The first kappa shape index (κ1) is 15.2. The zero-order valence-electron chi connectivity index (χ0n) is 13.2. The molecule has 120 valence electrons. The number of hydrogen-bond donors (Lipinski definition) is 2. The maximum atomic E-state index is 6.16. The van der Waals surface area contributed by atoms with Crippen molar-refractivity contribution in [1.82, 2.24) is 9.97 Å². The van der Waals surface area contributed by atoms with Crippen molar-refractivity contribution in [2.24, 2.45) is 0 Å². The van der Waals surface area contributed by atoms with E-state index in [9.17, 15) is 0 Å². The molecule has 0 saturated heterocycles. The fourth-order valence-corrected chi connectivity index (χ4v) is 3.51. The van der Waals surface area contributed by atoms with Crippen LogP contribution in [0, 0.1) is 12.3 Å². The Morgan fingerprint density at radius 1 is 1.00 bits per heavy atom. The first-order valence-electron chi connectivity index (χ1n) is 7.69. The number of hydrogen-bond acceptors (Lipinski definition) is 5. The van der Waals surface area contributed by atoms with E-state index in [2.05, 4.69) is 21.2 Å². The highest BCUT2D eigenvalue weighted by atomic mass is 32.1. The van der Waals surface area contributed by atoms with Crippen LogP contribution < -0.4 is 11.1 Å². The summed E-state index contributed by atoms with van der Waals surface area (Å²) < 4.78 is 0. The number of anilines is 3. The quantitative estimate of drug-likeness (QED) is 0.531. The molecule has 25 heavy (non-hydrogen) atoms. The van der Waals surface area contributed by atoms with E-state index >= 15 is 0 Å². The number of nitrogens with two attached hydrogens (primary N) is 1. The van der Waals surface area contributed by atoms with Gasteiger partial charge in [-0.1, -0.05) is 47.6 Å². The van der Waals surface area contributed by atoms with E-state index in [0.717, 1.165) is 32.0 Å². The van der Waals surface area contributed by atoms with Gasteiger partial charge < -0.3 is 11.1 Å². The van der Waals surface area contributed by atoms with Gasteiger partial charge in [-0.25, -0.2) is 9.97 Å². The average Bonchev–Trinajstić information content (AvgIpc) is 3.05. The molecule has 0 aliphatic heterocycles. The van der Waals surface area contributed by atoms with Crippen LogP contribution in [0.3, 0.4) is 0 Å². The molecule has 4 aromatic rings. The second kappa shape index (κ2) is 6.27. The van der Waals surface area contributed by atoms with Crippen molar-refractivity contribution in [3.63, 3.8) is 0 Å². The number of nitrogens with zero attached hydrogens (tertiary/aromatic N) is 2. The average molecular weight is 342 g/mol. The number of rotatable bonds is 3. The van der Waals surface area contributed by atoms with Crippen LogP contribution in [-0.2, 0) is 0 Å². The molecule has 3 N–H and O–H groups in total. The maximum Gasteiger partial charge on any atom is 0.163 e. The molecule has 2 aromatic carbocycles. The number of aromatic nitrogens is 2. The van der Waals surface area contributed by atoms with Crippen LogP contribution in [0.25, 0.3) is 21.6 Å². The van der Waals surface area contributed by atoms with E-state index in [1.807, 2.05) is 60.7 Å². The highest BCUT2D eigenvalue weighted by molar-refractivity contribution is 7.22. The van der Waals surface area contributed by atoms with Crippen molar-refractivity contribution in [3.05, 3.63) is 66.2 Å². The number of para-hydroxylation sites is 1.